The molecular formula is C14H18ClN3O2. The number of amides is 2. The first-order chi connectivity index (χ1) is 9.23. The van der Waals surface area contributed by atoms with E-state index in [1.807, 2.05) is 13.0 Å². The molecule has 3 N–H and O–H groups in total. The number of imide groups is 1. The largest absolute Gasteiger partial charge is 0.347 e. The highest BCUT2D eigenvalue weighted by Gasteiger charge is 2.41. The van der Waals surface area contributed by atoms with Gasteiger partial charge in [-0.25, -0.2) is 0 Å². The van der Waals surface area contributed by atoms with Crippen LogP contribution in [0.4, 0.5) is 5.69 Å². The zero-order chi connectivity index (χ0) is 15.1. The Bertz CT molecular complexity index is 570. The molecule has 1 heterocycles. The third-order valence-corrected chi connectivity index (χ3v) is 3.88. The predicted molar refractivity (Wildman–Crippen MR) is 78.6 cm³/mol. The fourth-order valence-electron chi connectivity index (χ4n) is 2.19. The molecule has 0 spiro atoms. The average Bonchev–Trinajstić information content (AvgIpc) is 2.34. The molecule has 1 fully saturated rings. The van der Waals surface area contributed by atoms with E-state index >= 15 is 0 Å². The summed E-state index contributed by atoms with van der Waals surface area (Å²) in [6.45, 7) is 5.47. The molecule has 1 aliphatic rings. The lowest BCUT2D eigenvalue weighted by molar-refractivity contribution is -0.135. The van der Waals surface area contributed by atoms with Gasteiger partial charge in [-0.3, -0.25) is 14.9 Å². The van der Waals surface area contributed by atoms with Gasteiger partial charge in [0.15, 0.2) is 0 Å². The minimum Gasteiger partial charge on any atom is -0.347 e. The highest BCUT2D eigenvalue weighted by atomic mass is 35.5. The van der Waals surface area contributed by atoms with Gasteiger partial charge in [0, 0.05) is 6.04 Å². The molecule has 1 aromatic carbocycles. The van der Waals surface area contributed by atoms with Crippen molar-refractivity contribution in [2.45, 2.75) is 32.4 Å². The Morgan fingerprint density at radius 1 is 1.40 bits per heavy atom. The summed E-state index contributed by atoms with van der Waals surface area (Å²) in [7, 11) is 0. The second-order valence-electron chi connectivity index (χ2n) is 5.52. The molecule has 1 saturated heterocycles. The van der Waals surface area contributed by atoms with Crippen LogP contribution in [-0.4, -0.2) is 23.9 Å². The van der Waals surface area contributed by atoms with Crippen LogP contribution < -0.4 is 16.0 Å². The van der Waals surface area contributed by atoms with Crippen molar-refractivity contribution in [2.24, 2.45) is 5.73 Å². The summed E-state index contributed by atoms with van der Waals surface area (Å²) in [6, 6.07) is 5.31. The highest BCUT2D eigenvalue weighted by Crippen LogP contribution is 2.34. The molecule has 2 amide bonds. The van der Waals surface area contributed by atoms with Gasteiger partial charge in [0.1, 0.15) is 5.54 Å². The highest BCUT2D eigenvalue weighted by molar-refractivity contribution is 6.33. The van der Waals surface area contributed by atoms with E-state index in [4.69, 9.17) is 17.3 Å². The number of nitrogens with zero attached hydrogens (tertiary/aromatic N) is 1. The first kappa shape index (κ1) is 14.8. The third-order valence-electron chi connectivity index (χ3n) is 3.57. The Kier molecular flexibility index (Phi) is 3.75. The molecule has 1 aromatic rings. The topological polar surface area (TPSA) is 75.4 Å². The number of benzene rings is 1. The molecule has 2 rings (SSSR count). The van der Waals surface area contributed by atoms with Crippen LogP contribution in [0.2, 0.25) is 5.02 Å². The summed E-state index contributed by atoms with van der Waals surface area (Å²) in [5.41, 5.74) is 6.54. The molecule has 20 heavy (non-hydrogen) atoms. The lowest BCUT2D eigenvalue weighted by Gasteiger charge is -2.42. The molecule has 0 aliphatic carbocycles. The van der Waals surface area contributed by atoms with Crippen LogP contribution in [0.15, 0.2) is 18.2 Å². The summed E-state index contributed by atoms with van der Waals surface area (Å²) >= 11 is 6.29. The van der Waals surface area contributed by atoms with Gasteiger partial charge in [-0.1, -0.05) is 17.7 Å². The minimum absolute atomic E-state index is 0.0932. The van der Waals surface area contributed by atoms with Gasteiger partial charge < -0.3 is 10.6 Å². The molecule has 108 valence electrons. The van der Waals surface area contributed by atoms with Crippen molar-refractivity contribution in [1.29, 1.82) is 0 Å². The number of nitrogens with two attached hydrogens (primary N) is 1. The average molecular weight is 296 g/mol. The number of carbonyl (C=O) groups is 2. The maximum atomic E-state index is 12.0. The van der Waals surface area contributed by atoms with Crippen molar-refractivity contribution in [1.82, 2.24) is 5.32 Å². The fraction of sp³-hybridized carbons (Fsp3) is 0.429. The van der Waals surface area contributed by atoms with Crippen LogP contribution in [-0.2, 0) is 9.59 Å². The standard InChI is InChI=1S/C14H18ClN3O2/c1-8(16)9-4-5-11(10(15)6-9)18-7-12(19)17-13(20)14(18,2)3/h4-6,8H,7,16H2,1-3H3,(H,17,19,20)/t8-/m1/s1. The Balaban J connectivity index is 2.44. The fourth-order valence-corrected chi connectivity index (χ4v) is 2.49. The molecule has 0 bridgehead atoms. The third kappa shape index (κ3) is 2.51. The Morgan fingerprint density at radius 3 is 2.60 bits per heavy atom. The van der Waals surface area contributed by atoms with E-state index < -0.39 is 5.54 Å². The normalized spacial score (nSPS) is 19.8. The van der Waals surface area contributed by atoms with Gasteiger partial charge in [-0.2, -0.15) is 0 Å². The molecule has 1 atom stereocenters. The van der Waals surface area contributed by atoms with Crippen molar-refractivity contribution in [3.05, 3.63) is 28.8 Å². The lowest BCUT2D eigenvalue weighted by Crippen LogP contribution is -2.64. The van der Waals surface area contributed by atoms with E-state index in [9.17, 15) is 9.59 Å². The van der Waals surface area contributed by atoms with Crippen LogP contribution in [0, 0.1) is 0 Å². The number of hydrogen-bond donors (Lipinski definition) is 2. The molecule has 6 heteroatoms. The van der Waals surface area contributed by atoms with Crippen LogP contribution >= 0.6 is 11.6 Å². The lowest BCUT2D eigenvalue weighted by atomic mass is 9.97. The van der Waals surface area contributed by atoms with Gasteiger partial charge in [-0.15, -0.1) is 0 Å². The Morgan fingerprint density at radius 2 is 2.05 bits per heavy atom. The Labute approximate surface area is 123 Å². The molecule has 5 nitrogen and oxygen atoms in total. The van der Waals surface area contributed by atoms with E-state index in [0.717, 1.165) is 5.56 Å². The molecule has 1 aliphatic heterocycles. The zero-order valence-electron chi connectivity index (χ0n) is 11.7. The van der Waals surface area contributed by atoms with Crippen LogP contribution in [0.25, 0.3) is 0 Å². The number of carbonyl (C=O) groups excluding carboxylic acids is 2. The van der Waals surface area contributed by atoms with Gasteiger partial charge in [0.2, 0.25) is 5.91 Å². The number of rotatable bonds is 2. The first-order valence-electron chi connectivity index (χ1n) is 6.40. The molecule has 0 unspecified atom stereocenters. The van der Waals surface area contributed by atoms with Gasteiger partial charge in [0.05, 0.1) is 17.3 Å². The van der Waals surface area contributed by atoms with Crippen LogP contribution in [0.1, 0.15) is 32.4 Å². The predicted octanol–water partition coefficient (Wildman–Crippen LogP) is 1.60. The number of halogens is 1. The van der Waals surface area contributed by atoms with E-state index in [0.29, 0.717) is 10.7 Å². The number of piperazine rings is 1. The van der Waals surface area contributed by atoms with E-state index in [1.54, 1.807) is 30.9 Å². The minimum atomic E-state index is -0.840. The van der Waals surface area contributed by atoms with E-state index in [1.165, 1.54) is 0 Å². The number of anilines is 1. The van der Waals surface area contributed by atoms with E-state index in [-0.39, 0.29) is 24.4 Å². The van der Waals surface area contributed by atoms with Gasteiger partial charge >= 0.3 is 0 Å². The van der Waals surface area contributed by atoms with Crippen molar-refractivity contribution in [2.75, 3.05) is 11.4 Å². The summed E-state index contributed by atoms with van der Waals surface area (Å²) in [5.74, 6) is -0.664. The Hall–Kier alpha value is -1.59. The molecule has 0 aromatic heterocycles. The second kappa shape index (κ2) is 5.07. The summed E-state index contributed by atoms with van der Waals surface area (Å²) < 4.78 is 0. The quantitative estimate of drug-likeness (QED) is 0.813. The monoisotopic (exact) mass is 295 g/mol. The van der Waals surface area contributed by atoms with Gasteiger partial charge in [-0.05, 0) is 38.5 Å². The van der Waals surface area contributed by atoms with E-state index in [2.05, 4.69) is 5.32 Å². The van der Waals surface area contributed by atoms with Gasteiger partial charge in [0.25, 0.3) is 5.91 Å². The zero-order valence-corrected chi connectivity index (χ0v) is 12.5. The molecule has 0 saturated carbocycles. The molecular weight excluding hydrogens is 278 g/mol. The van der Waals surface area contributed by atoms with Crippen molar-refractivity contribution in [3.8, 4) is 0 Å². The summed E-state index contributed by atoms with van der Waals surface area (Å²) in [5, 5.41) is 2.82. The van der Waals surface area contributed by atoms with Crippen molar-refractivity contribution < 1.29 is 9.59 Å². The first-order valence-corrected chi connectivity index (χ1v) is 6.78. The maximum Gasteiger partial charge on any atom is 0.251 e. The SMILES string of the molecule is C[C@@H](N)c1ccc(N2CC(=O)NC(=O)C2(C)C)c(Cl)c1. The van der Waals surface area contributed by atoms with Crippen LogP contribution in [0.3, 0.4) is 0 Å². The number of nitrogens with one attached hydrogen (secondary N) is 1. The van der Waals surface area contributed by atoms with Crippen molar-refractivity contribution >= 4 is 29.1 Å². The number of hydrogen-bond acceptors (Lipinski definition) is 4. The summed E-state index contributed by atoms with van der Waals surface area (Å²) in [6.07, 6.45) is 0. The van der Waals surface area contributed by atoms with Crippen LogP contribution in [0.5, 0.6) is 0 Å². The summed E-state index contributed by atoms with van der Waals surface area (Å²) in [4.78, 5) is 25.3. The van der Waals surface area contributed by atoms with Crippen molar-refractivity contribution in [3.63, 3.8) is 0 Å². The smallest absolute Gasteiger partial charge is 0.251 e. The second-order valence-corrected chi connectivity index (χ2v) is 5.93. The maximum absolute atomic E-state index is 12.0. The molecule has 0 radical (unpaired) electrons.